The predicted molar refractivity (Wildman–Crippen MR) is 68.3 cm³/mol. The Balaban J connectivity index is 3.99. The molecule has 0 fully saturated rings. The van der Waals surface area contributed by atoms with Crippen molar-refractivity contribution in [3.63, 3.8) is 0 Å². The standard InChI is InChI=1S/C13H25NO4/c1-5-17-12(15)7-9-14(11(3)4)10-8-13(16)18-6-2/h11H,5-10H2,1-4H3/p+1. The Morgan fingerprint density at radius 3 is 1.61 bits per heavy atom. The lowest BCUT2D eigenvalue weighted by Gasteiger charge is -2.22. The van der Waals surface area contributed by atoms with Gasteiger partial charge in [0.25, 0.3) is 0 Å². The minimum Gasteiger partial charge on any atom is -0.466 e. The molecule has 0 radical (unpaired) electrons. The molecule has 0 aromatic carbocycles. The highest BCUT2D eigenvalue weighted by atomic mass is 16.5. The topological polar surface area (TPSA) is 57.0 Å². The monoisotopic (exact) mass is 260 g/mol. The summed E-state index contributed by atoms with van der Waals surface area (Å²) in [6.45, 7) is 9.96. The van der Waals surface area contributed by atoms with Gasteiger partial charge >= 0.3 is 11.9 Å². The van der Waals surface area contributed by atoms with Gasteiger partial charge in [0.1, 0.15) is 0 Å². The summed E-state index contributed by atoms with van der Waals surface area (Å²) in [4.78, 5) is 23.8. The molecule has 0 unspecified atom stereocenters. The summed E-state index contributed by atoms with van der Waals surface area (Å²) >= 11 is 0. The fourth-order valence-corrected chi connectivity index (χ4v) is 1.69. The maximum absolute atomic E-state index is 11.3. The predicted octanol–water partition coefficient (Wildman–Crippen LogP) is 0.186. The van der Waals surface area contributed by atoms with Gasteiger partial charge in [0.05, 0.1) is 45.2 Å². The molecule has 0 spiro atoms. The molecule has 5 nitrogen and oxygen atoms in total. The Hall–Kier alpha value is -1.10. The molecule has 0 atom stereocenters. The number of carbonyl (C=O) groups is 2. The van der Waals surface area contributed by atoms with Crippen LogP contribution < -0.4 is 4.90 Å². The number of quaternary nitrogens is 1. The second-order valence-corrected chi connectivity index (χ2v) is 4.42. The number of ether oxygens (including phenoxy) is 2. The van der Waals surface area contributed by atoms with Crippen LogP contribution in [-0.4, -0.2) is 44.3 Å². The molecule has 106 valence electrons. The van der Waals surface area contributed by atoms with Crippen LogP contribution in [0.25, 0.3) is 0 Å². The molecule has 0 rings (SSSR count). The minimum absolute atomic E-state index is 0.174. The molecule has 0 saturated carbocycles. The Kier molecular flexibility index (Phi) is 9.28. The SMILES string of the molecule is CCOC(=O)CC[NH+](CCC(=O)OCC)C(C)C. The number of rotatable bonds is 9. The average molecular weight is 260 g/mol. The van der Waals surface area contributed by atoms with Crippen LogP contribution in [0, 0.1) is 0 Å². The van der Waals surface area contributed by atoms with Crippen molar-refractivity contribution in [3.05, 3.63) is 0 Å². The molecular weight excluding hydrogens is 234 g/mol. The first kappa shape index (κ1) is 16.9. The van der Waals surface area contributed by atoms with E-state index in [9.17, 15) is 9.59 Å². The van der Waals surface area contributed by atoms with E-state index in [0.717, 1.165) is 0 Å². The summed E-state index contributed by atoms with van der Waals surface area (Å²) in [6, 6.07) is 0.369. The molecule has 0 aliphatic rings. The summed E-state index contributed by atoms with van der Waals surface area (Å²) < 4.78 is 9.78. The van der Waals surface area contributed by atoms with Crippen LogP contribution in [0.3, 0.4) is 0 Å². The van der Waals surface area contributed by atoms with Gasteiger partial charge in [0, 0.05) is 0 Å². The molecule has 0 amide bonds. The highest BCUT2D eigenvalue weighted by Crippen LogP contribution is 1.86. The first-order chi connectivity index (χ1) is 8.51. The number of hydrogen-bond donors (Lipinski definition) is 1. The van der Waals surface area contributed by atoms with E-state index >= 15 is 0 Å². The van der Waals surface area contributed by atoms with Crippen molar-refractivity contribution in [2.24, 2.45) is 0 Å². The van der Waals surface area contributed by atoms with Gasteiger partial charge in [0.2, 0.25) is 0 Å². The zero-order chi connectivity index (χ0) is 14.0. The van der Waals surface area contributed by atoms with Crippen LogP contribution in [0.2, 0.25) is 0 Å². The third-order valence-electron chi connectivity index (χ3n) is 2.73. The molecule has 18 heavy (non-hydrogen) atoms. The quantitative estimate of drug-likeness (QED) is 0.601. The van der Waals surface area contributed by atoms with Gasteiger partial charge in [-0.3, -0.25) is 9.59 Å². The molecule has 5 heteroatoms. The maximum Gasteiger partial charge on any atom is 0.311 e. The number of esters is 2. The number of carbonyl (C=O) groups excluding carboxylic acids is 2. The van der Waals surface area contributed by atoms with Gasteiger partial charge in [-0.05, 0) is 27.7 Å². The van der Waals surface area contributed by atoms with Gasteiger partial charge in [-0.15, -0.1) is 0 Å². The summed E-state index contributed by atoms with van der Waals surface area (Å²) in [7, 11) is 0. The smallest absolute Gasteiger partial charge is 0.311 e. The molecule has 0 aliphatic carbocycles. The van der Waals surface area contributed by atoms with Crippen LogP contribution in [-0.2, 0) is 19.1 Å². The third kappa shape index (κ3) is 8.06. The lowest BCUT2D eigenvalue weighted by Crippen LogP contribution is -3.15. The van der Waals surface area contributed by atoms with Gasteiger partial charge in [0.15, 0.2) is 0 Å². The second kappa shape index (κ2) is 9.88. The Labute approximate surface area is 109 Å². The average Bonchev–Trinajstić information content (AvgIpc) is 2.29. The summed E-state index contributed by atoms with van der Waals surface area (Å²) in [5.41, 5.74) is 0. The van der Waals surface area contributed by atoms with Gasteiger partial charge in [-0.25, -0.2) is 0 Å². The molecule has 0 aromatic heterocycles. The van der Waals surface area contributed by atoms with Crippen molar-refractivity contribution < 1.29 is 24.0 Å². The lowest BCUT2D eigenvalue weighted by atomic mass is 10.2. The summed E-state index contributed by atoms with van der Waals surface area (Å²) in [5, 5.41) is 0. The van der Waals surface area contributed by atoms with Crippen molar-refractivity contribution in [3.8, 4) is 0 Å². The highest BCUT2D eigenvalue weighted by Gasteiger charge is 2.17. The Morgan fingerprint density at radius 1 is 0.944 bits per heavy atom. The fourth-order valence-electron chi connectivity index (χ4n) is 1.69. The molecule has 0 aliphatic heterocycles. The molecule has 0 saturated heterocycles. The molecule has 1 N–H and O–H groups in total. The van der Waals surface area contributed by atoms with E-state index < -0.39 is 0 Å². The van der Waals surface area contributed by atoms with Crippen LogP contribution in [0.1, 0.15) is 40.5 Å². The molecule has 0 bridgehead atoms. The third-order valence-corrected chi connectivity index (χ3v) is 2.73. The first-order valence-corrected chi connectivity index (χ1v) is 6.67. The van der Waals surface area contributed by atoms with Gasteiger partial charge < -0.3 is 14.4 Å². The van der Waals surface area contributed by atoms with E-state index in [4.69, 9.17) is 9.47 Å². The minimum atomic E-state index is -0.174. The summed E-state index contributed by atoms with van der Waals surface area (Å²) in [6.07, 6.45) is 0.786. The highest BCUT2D eigenvalue weighted by molar-refractivity contribution is 5.69. The van der Waals surface area contributed by atoms with Crippen molar-refractivity contribution in [2.45, 2.75) is 46.6 Å². The zero-order valence-electron chi connectivity index (χ0n) is 12.0. The van der Waals surface area contributed by atoms with Crippen molar-refractivity contribution >= 4 is 11.9 Å². The Bertz CT molecular complexity index is 231. The van der Waals surface area contributed by atoms with E-state index in [1.807, 2.05) is 0 Å². The van der Waals surface area contributed by atoms with Crippen LogP contribution >= 0.6 is 0 Å². The normalized spacial score (nSPS) is 10.8. The van der Waals surface area contributed by atoms with E-state index in [1.165, 1.54) is 4.90 Å². The zero-order valence-corrected chi connectivity index (χ0v) is 12.0. The largest absolute Gasteiger partial charge is 0.466 e. The summed E-state index contributed by atoms with van der Waals surface area (Å²) in [5.74, 6) is -0.349. The Morgan fingerprint density at radius 2 is 1.33 bits per heavy atom. The van der Waals surface area contributed by atoms with Gasteiger partial charge in [-0.1, -0.05) is 0 Å². The molecule has 0 heterocycles. The van der Waals surface area contributed by atoms with Crippen LogP contribution in [0.15, 0.2) is 0 Å². The van der Waals surface area contributed by atoms with E-state index in [2.05, 4.69) is 13.8 Å². The van der Waals surface area contributed by atoms with Crippen molar-refractivity contribution in [2.75, 3.05) is 26.3 Å². The van der Waals surface area contributed by atoms with E-state index in [0.29, 0.717) is 45.2 Å². The van der Waals surface area contributed by atoms with Crippen LogP contribution in [0.5, 0.6) is 0 Å². The number of nitrogens with one attached hydrogen (secondary N) is 1. The maximum atomic E-state index is 11.3. The van der Waals surface area contributed by atoms with Crippen molar-refractivity contribution in [1.29, 1.82) is 0 Å². The van der Waals surface area contributed by atoms with Crippen LogP contribution in [0.4, 0.5) is 0 Å². The lowest BCUT2D eigenvalue weighted by molar-refractivity contribution is -0.920. The number of hydrogen-bond acceptors (Lipinski definition) is 4. The first-order valence-electron chi connectivity index (χ1n) is 6.67. The molecular formula is C13H26NO4+. The fraction of sp³-hybridized carbons (Fsp3) is 0.846. The second-order valence-electron chi connectivity index (χ2n) is 4.42. The van der Waals surface area contributed by atoms with Gasteiger partial charge in [-0.2, -0.15) is 0 Å². The molecule has 0 aromatic rings. The van der Waals surface area contributed by atoms with Crippen molar-refractivity contribution in [1.82, 2.24) is 0 Å². The van der Waals surface area contributed by atoms with E-state index in [-0.39, 0.29) is 11.9 Å². The van der Waals surface area contributed by atoms with E-state index in [1.54, 1.807) is 13.8 Å².